The van der Waals surface area contributed by atoms with E-state index in [9.17, 15) is 24.3 Å². The first-order chi connectivity index (χ1) is 37.3. The summed E-state index contributed by atoms with van der Waals surface area (Å²) in [6, 6.07) is 60.8. The van der Waals surface area contributed by atoms with Crippen LogP contribution < -0.4 is 0 Å². The van der Waals surface area contributed by atoms with E-state index in [1.165, 1.54) is 36.4 Å². The second-order valence-corrected chi connectivity index (χ2v) is 17.9. The summed E-state index contributed by atoms with van der Waals surface area (Å²) in [6.07, 6.45) is -14.0. The zero-order chi connectivity index (χ0) is 52.5. The largest absolute Gasteiger partial charge is 0.459 e. The minimum atomic E-state index is -1.70. The van der Waals surface area contributed by atoms with Crippen molar-refractivity contribution >= 4 is 23.9 Å². The standard InChI is InChI=1S/C61H56O15/c62-56(44-28-14-4-15-29-44)70-39-49-51(74-57(63)45-30-16-5-17-31-45)53(75-58(64)46-32-18-6-19-33-46)55(76-59(65)47-34-20-7-21-35-47)61(73-49)71-40-48-50(67-36-41-22-8-1-9-23-41)52(68-37-42-24-10-2-11-25-42)54(60(66)72-48)69-38-43-26-12-3-13-27-43/h1-35,48-55,60-61,66H,36-40H2/t48-,49-,50+,51+,52+,53+,54-,55-,60-,61-/m1/s1. The highest BCUT2D eigenvalue weighted by Gasteiger charge is 2.55. The van der Waals surface area contributed by atoms with Crippen LogP contribution in [0.1, 0.15) is 58.1 Å². The molecule has 15 nitrogen and oxygen atoms in total. The lowest BCUT2D eigenvalue weighted by molar-refractivity contribution is -0.337. The Labute approximate surface area is 439 Å². The molecule has 0 bridgehead atoms. The third kappa shape index (κ3) is 14.1. The SMILES string of the molecule is O=C(OC[C@H]1O[C@@H](OC[C@H]2O[C@@H](O)[C@H](OCc3ccccc3)[C@@H](OCc3ccccc3)[C@H]2OCc2ccccc2)[C@H](OC(=O)c2ccccc2)[C@@H](OC(=O)c2ccccc2)[C@H]1OC(=O)c1ccccc1)c1ccccc1. The lowest BCUT2D eigenvalue weighted by atomic mass is 9.96. The molecule has 10 atom stereocenters. The molecule has 0 unspecified atom stereocenters. The summed E-state index contributed by atoms with van der Waals surface area (Å²) < 4.78 is 64.1. The van der Waals surface area contributed by atoms with Crippen molar-refractivity contribution in [3.05, 3.63) is 251 Å². The monoisotopic (exact) mass is 1030 g/mol. The lowest BCUT2D eigenvalue weighted by Gasteiger charge is -2.46. The van der Waals surface area contributed by atoms with E-state index in [2.05, 4.69) is 0 Å². The fraction of sp³-hybridized carbons (Fsp3) is 0.246. The van der Waals surface area contributed by atoms with Gasteiger partial charge in [-0.3, -0.25) is 0 Å². The van der Waals surface area contributed by atoms with Gasteiger partial charge in [-0.2, -0.15) is 0 Å². The van der Waals surface area contributed by atoms with Crippen LogP contribution in [0.5, 0.6) is 0 Å². The van der Waals surface area contributed by atoms with Gasteiger partial charge in [0.15, 0.2) is 30.9 Å². The molecule has 76 heavy (non-hydrogen) atoms. The zero-order valence-electron chi connectivity index (χ0n) is 41.2. The van der Waals surface area contributed by atoms with Gasteiger partial charge in [-0.25, -0.2) is 19.2 Å². The number of esters is 4. The molecular weight excluding hydrogens is 973 g/mol. The predicted molar refractivity (Wildman–Crippen MR) is 274 cm³/mol. The number of hydrogen-bond donors (Lipinski definition) is 1. The summed E-state index contributed by atoms with van der Waals surface area (Å²) >= 11 is 0. The van der Waals surface area contributed by atoms with E-state index in [1.54, 1.807) is 84.9 Å². The number of aliphatic hydroxyl groups excluding tert-OH is 1. The number of ether oxygens (including phenoxy) is 10. The highest BCUT2D eigenvalue weighted by molar-refractivity contribution is 5.91. The minimum absolute atomic E-state index is 0.0795. The highest BCUT2D eigenvalue weighted by atomic mass is 16.7. The van der Waals surface area contributed by atoms with E-state index in [1.807, 2.05) is 91.0 Å². The summed E-state index contributed by atoms with van der Waals surface area (Å²) in [5, 5.41) is 11.9. The van der Waals surface area contributed by atoms with Crippen LogP contribution in [-0.2, 0) is 67.2 Å². The van der Waals surface area contributed by atoms with Crippen molar-refractivity contribution in [3.8, 4) is 0 Å². The van der Waals surface area contributed by atoms with Crippen molar-refractivity contribution in [2.24, 2.45) is 0 Å². The Kier molecular flexibility index (Phi) is 18.5. The van der Waals surface area contributed by atoms with Crippen molar-refractivity contribution < 1.29 is 71.7 Å². The molecule has 0 spiro atoms. The number of rotatable bonds is 21. The maximum absolute atomic E-state index is 14.3. The molecule has 390 valence electrons. The summed E-state index contributed by atoms with van der Waals surface area (Å²) in [6.45, 7) is -0.732. The topological polar surface area (TPSA) is 181 Å². The smallest absolute Gasteiger partial charge is 0.338 e. The van der Waals surface area contributed by atoms with Crippen LogP contribution in [0.3, 0.4) is 0 Å². The Morgan fingerprint density at radius 2 is 0.684 bits per heavy atom. The van der Waals surface area contributed by atoms with Gasteiger partial charge in [0.2, 0.25) is 0 Å². The first kappa shape index (κ1) is 53.0. The average Bonchev–Trinajstić information content (AvgIpc) is 3.50. The van der Waals surface area contributed by atoms with Crippen molar-refractivity contribution in [3.63, 3.8) is 0 Å². The molecule has 2 fully saturated rings. The molecule has 0 amide bonds. The van der Waals surface area contributed by atoms with Crippen LogP contribution >= 0.6 is 0 Å². The van der Waals surface area contributed by atoms with E-state index < -0.39 is 98.5 Å². The van der Waals surface area contributed by atoms with Gasteiger partial charge in [-0.15, -0.1) is 0 Å². The number of carbonyl (C=O) groups is 4. The fourth-order valence-corrected chi connectivity index (χ4v) is 8.75. The van der Waals surface area contributed by atoms with Crippen LogP contribution in [-0.4, -0.2) is 104 Å². The molecule has 0 aromatic heterocycles. The van der Waals surface area contributed by atoms with Gasteiger partial charge >= 0.3 is 23.9 Å². The van der Waals surface area contributed by atoms with Gasteiger partial charge < -0.3 is 52.5 Å². The molecule has 1 N–H and O–H groups in total. The van der Waals surface area contributed by atoms with Crippen molar-refractivity contribution in [1.29, 1.82) is 0 Å². The molecular formula is C61H56O15. The minimum Gasteiger partial charge on any atom is -0.459 e. The average molecular weight is 1030 g/mol. The summed E-state index contributed by atoms with van der Waals surface area (Å²) in [5.74, 6) is -3.33. The van der Waals surface area contributed by atoms with Crippen LogP contribution in [0.4, 0.5) is 0 Å². The first-order valence-corrected chi connectivity index (χ1v) is 24.8. The van der Waals surface area contributed by atoms with Gasteiger partial charge in [0.1, 0.15) is 37.1 Å². The van der Waals surface area contributed by atoms with Crippen LogP contribution in [0.25, 0.3) is 0 Å². The molecule has 7 aromatic rings. The van der Waals surface area contributed by atoms with Crippen molar-refractivity contribution in [2.45, 2.75) is 81.2 Å². The van der Waals surface area contributed by atoms with Gasteiger partial charge in [0.05, 0.1) is 48.7 Å². The molecule has 2 heterocycles. The molecule has 2 aliphatic heterocycles. The second-order valence-electron chi connectivity index (χ2n) is 17.9. The maximum atomic E-state index is 14.3. The second kappa shape index (κ2) is 26.6. The molecule has 0 saturated carbocycles. The number of carbonyl (C=O) groups excluding carboxylic acids is 4. The van der Waals surface area contributed by atoms with E-state index in [0.29, 0.717) is 0 Å². The summed E-state index contributed by atoms with van der Waals surface area (Å²) in [4.78, 5) is 56.2. The Hall–Kier alpha value is -7.86. The zero-order valence-corrected chi connectivity index (χ0v) is 41.2. The Morgan fingerprint density at radius 1 is 0.342 bits per heavy atom. The van der Waals surface area contributed by atoms with E-state index in [4.69, 9.17) is 47.4 Å². The van der Waals surface area contributed by atoms with Gasteiger partial charge in [-0.1, -0.05) is 164 Å². The van der Waals surface area contributed by atoms with Crippen molar-refractivity contribution in [1.82, 2.24) is 0 Å². The third-order valence-corrected chi connectivity index (χ3v) is 12.6. The van der Waals surface area contributed by atoms with Crippen LogP contribution in [0.2, 0.25) is 0 Å². The lowest BCUT2D eigenvalue weighted by Crippen LogP contribution is -2.64. The Morgan fingerprint density at radius 3 is 1.12 bits per heavy atom. The van der Waals surface area contributed by atoms with E-state index in [0.717, 1.165) is 16.7 Å². The quantitative estimate of drug-likeness (QED) is 0.0533. The number of benzene rings is 7. The number of hydrogen-bond acceptors (Lipinski definition) is 15. The summed E-state index contributed by atoms with van der Waals surface area (Å²) in [5.41, 5.74) is 3.11. The van der Waals surface area contributed by atoms with Crippen LogP contribution in [0, 0.1) is 0 Å². The fourth-order valence-electron chi connectivity index (χ4n) is 8.75. The van der Waals surface area contributed by atoms with Crippen LogP contribution in [0.15, 0.2) is 212 Å². The number of aliphatic hydroxyl groups is 1. The maximum Gasteiger partial charge on any atom is 0.338 e. The first-order valence-electron chi connectivity index (χ1n) is 24.8. The van der Waals surface area contributed by atoms with Gasteiger partial charge in [0, 0.05) is 0 Å². The molecule has 15 heteroatoms. The molecule has 7 aromatic carbocycles. The predicted octanol–water partition coefficient (Wildman–Crippen LogP) is 8.74. The Bertz CT molecular complexity index is 2900. The molecule has 0 radical (unpaired) electrons. The third-order valence-electron chi connectivity index (χ3n) is 12.6. The molecule has 9 rings (SSSR count). The van der Waals surface area contributed by atoms with E-state index >= 15 is 0 Å². The highest BCUT2D eigenvalue weighted by Crippen LogP contribution is 2.35. The molecule has 2 aliphatic rings. The normalized spacial score (nSPS) is 23.1. The molecule has 2 saturated heterocycles. The summed E-state index contributed by atoms with van der Waals surface area (Å²) in [7, 11) is 0. The van der Waals surface area contributed by atoms with Crippen molar-refractivity contribution in [2.75, 3.05) is 13.2 Å². The Balaban J connectivity index is 1.09. The molecule has 0 aliphatic carbocycles. The van der Waals surface area contributed by atoms with E-state index in [-0.39, 0.29) is 42.1 Å². The van der Waals surface area contributed by atoms with Gasteiger partial charge in [0.25, 0.3) is 0 Å². The van der Waals surface area contributed by atoms with Gasteiger partial charge in [-0.05, 0) is 65.2 Å².